The Balaban J connectivity index is 1.78. The molecule has 1 atom stereocenters. The van der Waals surface area contributed by atoms with E-state index in [2.05, 4.69) is 0 Å². The molecule has 2 aliphatic rings. The zero-order chi connectivity index (χ0) is 14.7. The van der Waals surface area contributed by atoms with Crippen LogP contribution in [0.5, 0.6) is 5.75 Å². The summed E-state index contributed by atoms with van der Waals surface area (Å²) in [6.45, 7) is 2.12. The average Bonchev–Trinajstić information content (AvgIpc) is 2.55. The number of ketones is 1. The third-order valence-electron chi connectivity index (χ3n) is 4.64. The number of hydrogen-bond donors (Lipinski definition) is 0. The van der Waals surface area contributed by atoms with Gasteiger partial charge in [-0.05, 0) is 37.8 Å². The van der Waals surface area contributed by atoms with Crippen molar-refractivity contribution >= 4 is 5.78 Å². The molecule has 21 heavy (non-hydrogen) atoms. The summed E-state index contributed by atoms with van der Waals surface area (Å²) in [5.74, 6) is 0.866. The number of hydrogen-bond acceptors (Lipinski definition) is 4. The molecule has 1 unspecified atom stereocenters. The van der Waals surface area contributed by atoms with E-state index in [1.165, 1.54) is 0 Å². The van der Waals surface area contributed by atoms with Gasteiger partial charge in [-0.2, -0.15) is 0 Å². The lowest BCUT2D eigenvalue weighted by Gasteiger charge is -2.43. The van der Waals surface area contributed by atoms with Gasteiger partial charge in [0.15, 0.2) is 5.78 Å². The van der Waals surface area contributed by atoms with Crippen LogP contribution in [0, 0.1) is 5.92 Å². The van der Waals surface area contributed by atoms with Gasteiger partial charge in [-0.25, -0.2) is 0 Å². The van der Waals surface area contributed by atoms with Crippen molar-refractivity contribution in [2.45, 2.75) is 31.3 Å². The van der Waals surface area contributed by atoms with E-state index < -0.39 is 0 Å². The lowest BCUT2D eigenvalue weighted by atomic mass is 9.78. The molecule has 2 fully saturated rings. The molecule has 2 aliphatic heterocycles. The first-order chi connectivity index (χ1) is 10.2. The van der Waals surface area contributed by atoms with Gasteiger partial charge in [-0.3, -0.25) is 4.79 Å². The second kappa shape index (κ2) is 6.16. The summed E-state index contributed by atoms with van der Waals surface area (Å²) in [6, 6.07) is 7.48. The summed E-state index contributed by atoms with van der Waals surface area (Å²) in [4.78, 5) is 12.8. The molecule has 0 N–H and O–H groups in total. The molecule has 0 aliphatic carbocycles. The SMILES string of the molecule is COc1ccccc1C(=O)C1CCOC2(CCOCC2)C1. The topological polar surface area (TPSA) is 44.8 Å². The van der Waals surface area contributed by atoms with Crippen molar-refractivity contribution in [3.05, 3.63) is 29.8 Å². The summed E-state index contributed by atoms with van der Waals surface area (Å²) in [7, 11) is 1.61. The maximum atomic E-state index is 12.8. The van der Waals surface area contributed by atoms with E-state index in [4.69, 9.17) is 14.2 Å². The van der Waals surface area contributed by atoms with Crippen LogP contribution in [0.3, 0.4) is 0 Å². The third-order valence-corrected chi connectivity index (χ3v) is 4.64. The lowest BCUT2D eigenvalue weighted by molar-refractivity contribution is -0.142. The van der Waals surface area contributed by atoms with Gasteiger partial charge in [0.05, 0.1) is 18.3 Å². The molecule has 0 amide bonds. The Bertz CT molecular complexity index is 500. The Morgan fingerprint density at radius 3 is 2.76 bits per heavy atom. The van der Waals surface area contributed by atoms with Gasteiger partial charge < -0.3 is 14.2 Å². The van der Waals surface area contributed by atoms with Crippen LogP contribution in [0.4, 0.5) is 0 Å². The fourth-order valence-corrected chi connectivity index (χ4v) is 3.41. The van der Waals surface area contributed by atoms with Crippen molar-refractivity contribution < 1.29 is 19.0 Å². The van der Waals surface area contributed by atoms with Crippen molar-refractivity contribution in [2.75, 3.05) is 26.9 Å². The maximum absolute atomic E-state index is 12.8. The monoisotopic (exact) mass is 290 g/mol. The van der Waals surface area contributed by atoms with Crippen molar-refractivity contribution in [1.82, 2.24) is 0 Å². The molecule has 3 rings (SSSR count). The van der Waals surface area contributed by atoms with Gasteiger partial charge in [-0.15, -0.1) is 0 Å². The molecular weight excluding hydrogens is 268 g/mol. The second-order valence-corrected chi connectivity index (χ2v) is 5.90. The van der Waals surface area contributed by atoms with E-state index in [0.717, 1.165) is 38.9 Å². The zero-order valence-corrected chi connectivity index (χ0v) is 12.5. The predicted molar refractivity (Wildman–Crippen MR) is 78.8 cm³/mol. The van der Waals surface area contributed by atoms with Crippen LogP contribution in [-0.2, 0) is 9.47 Å². The number of rotatable bonds is 3. The Morgan fingerprint density at radius 2 is 2.00 bits per heavy atom. The first-order valence-electron chi connectivity index (χ1n) is 7.63. The predicted octanol–water partition coefficient (Wildman–Crippen LogP) is 2.85. The molecule has 1 aromatic carbocycles. The lowest BCUT2D eigenvalue weighted by Crippen LogP contribution is -2.45. The number of ether oxygens (including phenoxy) is 3. The highest BCUT2D eigenvalue weighted by Gasteiger charge is 2.41. The van der Waals surface area contributed by atoms with E-state index in [9.17, 15) is 4.79 Å². The molecule has 1 spiro atoms. The summed E-state index contributed by atoms with van der Waals surface area (Å²) >= 11 is 0. The van der Waals surface area contributed by atoms with Crippen molar-refractivity contribution in [3.8, 4) is 5.75 Å². The number of benzene rings is 1. The number of para-hydroxylation sites is 1. The first kappa shape index (κ1) is 14.5. The number of carbonyl (C=O) groups excluding carboxylic acids is 1. The zero-order valence-electron chi connectivity index (χ0n) is 12.5. The van der Waals surface area contributed by atoms with E-state index >= 15 is 0 Å². The van der Waals surface area contributed by atoms with Gasteiger partial charge in [-0.1, -0.05) is 12.1 Å². The van der Waals surface area contributed by atoms with Crippen LogP contribution in [-0.4, -0.2) is 38.3 Å². The molecule has 114 valence electrons. The van der Waals surface area contributed by atoms with Gasteiger partial charge >= 0.3 is 0 Å². The molecule has 0 saturated carbocycles. The summed E-state index contributed by atoms with van der Waals surface area (Å²) in [6.07, 6.45) is 3.37. The van der Waals surface area contributed by atoms with E-state index in [-0.39, 0.29) is 17.3 Å². The molecule has 4 heteroatoms. The maximum Gasteiger partial charge on any atom is 0.169 e. The van der Waals surface area contributed by atoms with Gasteiger partial charge in [0.25, 0.3) is 0 Å². The normalized spacial score (nSPS) is 24.7. The minimum atomic E-state index is -0.154. The highest BCUT2D eigenvalue weighted by Crippen LogP contribution is 2.39. The average molecular weight is 290 g/mol. The molecule has 2 saturated heterocycles. The second-order valence-electron chi connectivity index (χ2n) is 5.90. The molecule has 0 aromatic heterocycles. The van der Waals surface area contributed by atoms with E-state index in [0.29, 0.717) is 17.9 Å². The van der Waals surface area contributed by atoms with Crippen molar-refractivity contribution in [2.24, 2.45) is 5.92 Å². The molecule has 0 bridgehead atoms. The Hall–Kier alpha value is -1.39. The van der Waals surface area contributed by atoms with Crippen molar-refractivity contribution in [1.29, 1.82) is 0 Å². The number of carbonyl (C=O) groups is 1. The molecule has 2 heterocycles. The Morgan fingerprint density at radius 1 is 1.24 bits per heavy atom. The summed E-state index contributed by atoms with van der Waals surface area (Å²) in [5.41, 5.74) is 0.535. The highest BCUT2D eigenvalue weighted by molar-refractivity contribution is 6.00. The van der Waals surface area contributed by atoms with E-state index in [1.54, 1.807) is 7.11 Å². The fraction of sp³-hybridized carbons (Fsp3) is 0.588. The Labute approximate surface area is 125 Å². The van der Waals surface area contributed by atoms with Crippen LogP contribution >= 0.6 is 0 Å². The standard InChI is InChI=1S/C17H22O4/c1-19-15-5-3-2-4-14(15)16(18)13-6-9-21-17(12-13)7-10-20-11-8-17/h2-5,13H,6-12H2,1H3. The van der Waals surface area contributed by atoms with Crippen LogP contribution in [0.1, 0.15) is 36.0 Å². The fourth-order valence-electron chi connectivity index (χ4n) is 3.41. The van der Waals surface area contributed by atoms with Crippen LogP contribution in [0.25, 0.3) is 0 Å². The minimum absolute atomic E-state index is 0.0214. The number of Topliss-reactive ketones (excluding diaryl/α,β-unsaturated/α-hetero) is 1. The van der Waals surface area contributed by atoms with Crippen LogP contribution in [0.15, 0.2) is 24.3 Å². The minimum Gasteiger partial charge on any atom is -0.496 e. The quantitative estimate of drug-likeness (QED) is 0.803. The highest BCUT2D eigenvalue weighted by atomic mass is 16.5. The summed E-state index contributed by atoms with van der Waals surface area (Å²) in [5, 5.41) is 0. The van der Waals surface area contributed by atoms with Gasteiger partial charge in [0.1, 0.15) is 5.75 Å². The molecular formula is C17H22O4. The molecule has 0 radical (unpaired) electrons. The smallest absolute Gasteiger partial charge is 0.169 e. The van der Waals surface area contributed by atoms with E-state index in [1.807, 2.05) is 24.3 Å². The number of methoxy groups -OCH3 is 1. The largest absolute Gasteiger partial charge is 0.496 e. The first-order valence-corrected chi connectivity index (χ1v) is 7.63. The molecule has 1 aromatic rings. The van der Waals surface area contributed by atoms with Crippen molar-refractivity contribution in [3.63, 3.8) is 0 Å². The third kappa shape index (κ3) is 2.97. The molecule has 4 nitrogen and oxygen atoms in total. The van der Waals surface area contributed by atoms with Gasteiger partial charge in [0, 0.05) is 25.7 Å². The summed E-state index contributed by atoms with van der Waals surface area (Å²) < 4.78 is 16.8. The van der Waals surface area contributed by atoms with Crippen LogP contribution in [0.2, 0.25) is 0 Å². The van der Waals surface area contributed by atoms with Gasteiger partial charge in [0.2, 0.25) is 0 Å². The Kier molecular flexibility index (Phi) is 4.27. The van der Waals surface area contributed by atoms with Crippen LogP contribution < -0.4 is 4.74 Å².